The number of hydrogen-bond donors (Lipinski definition) is 1. The van der Waals surface area contributed by atoms with E-state index in [2.05, 4.69) is 5.10 Å². The third-order valence-electron chi connectivity index (χ3n) is 3.44. The van der Waals surface area contributed by atoms with Crippen molar-refractivity contribution in [3.63, 3.8) is 0 Å². The van der Waals surface area contributed by atoms with Crippen molar-refractivity contribution in [1.82, 2.24) is 9.78 Å². The average Bonchev–Trinajstić information content (AvgIpc) is 2.86. The molecule has 1 fully saturated rings. The van der Waals surface area contributed by atoms with Crippen molar-refractivity contribution in [2.24, 2.45) is 0 Å². The van der Waals surface area contributed by atoms with Gasteiger partial charge < -0.3 is 9.84 Å². The molecule has 5 nitrogen and oxygen atoms in total. The van der Waals surface area contributed by atoms with Crippen molar-refractivity contribution in [3.05, 3.63) is 17.0 Å². The van der Waals surface area contributed by atoms with Crippen LogP contribution in [0, 0.1) is 13.8 Å². The normalized spacial score (nSPS) is 21.7. The number of aromatic nitrogens is 2. The SMILES string of the molecule is Cc1nn(C2CCOC2)c(C)c1C(C)C(=O)O. The van der Waals surface area contributed by atoms with Gasteiger partial charge in [-0.15, -0.1) is 0 Å². The van der Waals surface area contributed by atoms with Gasteiger partial charge in [-0.2, -0.15) is 5.10 Å². The molecule has 1 aromatic rings. The number of rotatable bonds is 3. The number of carbonyl (C=O) groups is 1. The van der Waals surface area contributed by atoms with Crippen LogP contribution < -0.4 is 0 Å². The molecule has 0 amide bonds. The topological polar surface area (TPSA) is 64.4 Å². The Morgan fingerprint density at radius 3 is 2.82 bits per heavy atom. The summed E-state index contributed by atoms with van der Waals surface area (Å²) in [6.07, 6.45) is 0.947. The Balaban J connectivity index is 2.37. The quantitative estimate of drug-likeness (QED) is 0.869. The monoisotopic (exact) mass is 238 g/mol. The minimum atomic E-state index is -0.807. The zero-order valence-corrected chi connectivity index (χ0v) is 10.4. The summed E-state index contributed by atoms with van der Waals surface area (Å²) in [5.41, 5.74) is 2.60. The molecule has 0 radical (unpaired) electrons. The molecule has 1 aliphatic heterocycles. The molecule has 0 bridgehead atoms. The summed E-state index contributed by atoms with van der Waals surface area (Å²) in [6.45, 7) is 6.94. The maximum Gasteiger partial charge on any atom is 0.310 e. The van der Waals surface area contributed by atoms with Gasteiger partial charge in [0.25, 0.3) is 0 Å². The summed E-state index contributed by atoms with van der Waals surface area (Å²) in [7, 11) is 0. The lowest BCUT2D eigenvalue weighted by Gasteiger charge is -2.12. The molecule has 17 heavy (non-hydrogen) atoms. The van der Waals surface area contributed by atoms with Crippen LogP contribution in [0.3, 0.4) is 0 Å². The first-order valence-corrected chi connectivity index (χ1v) is 5.88. The van der Waals surface area contributed by atoms with Crippen molar-refractivity contribution in [3.8, 4) is 0 Å². The molecule has 0 aliphatic carbocycles. The Labute approximate surface area is 100 Å². The Bertz CT molecular complexity index is 433. The molecule has 2 rings (SSSR count). The van der Waals surface area contributed by atoms with Gasteiger partial charge >= 0.3 is 5.97 Å². The van der Waals surface area contributed by atoms with Crippen LogP contribution in [0.2, 0.25) is 0 Å². The van der Waals surface area contributed by atoms with E-state index in [1.165, 1.54) is 0 Å². The first-order valence-electron chi connectivity index (χ1n) is 5.88. The molecule has 0 spiro atoms. The van der Waals surface area contributed by atoms with E-state index in [4.69, 9.17) is 9.84 Å². The van der Waals surface area contributed by atoms with Gasteiger partial charge in [-0.25, -0.2) is 0 Å². The minimum absolute atomic E-state index is 0.253. The Hall–Kier alpha value is -1.36. The lowest BCUT2D eigenvalue weighted by molar-refractivity contribution is -0.138. The zero-order valence-electron chi connectivity index (χ0n) is 10.4. The number of nitrogens with zero attached hydrogens (tertiary/aromatic N) is 2. The van der Waals surface area contributed by atoms with Gasteiger partial charge in [0, 0.05) is 17.9 Å². The van der Waals surface area contributed by atoms with Crippen molar-refractivity contribution in [1.29, 1.82) is 0 Å². The summed E-state index contributed by atoms with van der Waals surface area (Å²) in [4.78, 5) is 11.1. The van der Waals surface area contributed by atoms with Crippen LogP contribution in [-0.4, -0.2) is 34.1 Å². The maximum atomic E-state index is 11.1. The van der Waals surface area contributed by atoms with E-state index in [9.17, 15) is 4.79 Å². The molecule has 2 atom stereocenters. The third-order valence-corrected chi connectivity index (χ3v) is 3.44. The van der Waals surface area contributed by atoms with Crippen molar-refractivity contribution in [2.45, 2.75) is 39.2 Å². The first-order chi connectivity index (χ1) is 8.02. The molecular weight excluding hydrogens is 220 g/mol. The molecule has 0 saturated carbocycles. The molecule has 1 saturated heterocycles. The van der Waals surface area contributed by atoms with Gasteiger partial charge in [0.05, 0.1) is 24.3 Å². The molecule has 0 aromatic carbocycles. The fourth-order valence-corrected chi connectivity index (χ4v) is 2.50. The maximum absolute atomic E-state index is 11.1. The van der Waals surface area contributed by atoms with E-state index in [-0.39, 0.29) is 6.04 Å². The Kier molecular flexibility index (Phi) is 3.19. The number of ether oxygens (including phenoxy) is 1. The van der Waals surface area contributed by atoms with Crippen LogP contribution in [0.4, 0.5) is 0 Å². The second-order valence-corrected chi connectivity index (χ2v) is 4.61. The molecule has 1 aliphatic rings. The average molecular weight is 238 g/mol. The number of aryl methyl sites for hydroxylation is 1. The minimum Gasteiger partial charge on any atom is -0.481 e. The van der Waals surface area contributed by atoms with E-state index < -0.39 is 11.9 Å². The fourth-order valence-electron chi connectivity index (χ4n) is 2.50. The highest BCUT2D eigenvalue weighted by molar-refractivity contribution is 5.76. The predicted octanol–water partition coefficient (Wildman–Crippen LogP) is 1.65. The van der Waals surface area contributed by atoms with Crippen LogP contribution in [0.15, 0.2) is 0 Å². The van der Waals surface area contributed by atoms with Crippen LogP contribution in [0.25, 0.3) is 0 Å². The molecule has 1 aromatic heterocycles. The van der Waals surface area contributed by atoms with Crippen LogP contribution >= 0.6 is 0 Å². The van der Waals surface area contributed by atoms with Gasteiger partial charge in [0.2, 0.25) is 0 Å². The van der Waals surface area contributed by atoms with Crippen LogP contribution in [0.5, 0.6) is 0 Å². The predicted molar refractivity (Wildman–Crippen MR) is 62.2 cm³/mol. The van der Waals surface area contributed by atoms with Gasteiger partial charge in [0.15, 0.2) is 0 Å². The van der Waals surface area contributed by atoms with E-state index in [1.54, 1.807) is 6.92 Å². The molecular formula is C12H18N2O3. The van der Waals surface area contributed by atoms with Gasteiger partial charge in [0.1, 0.15) is 0 Å². The second-order valence-electron chi connectivity index (χ2n) is 4.61. The van der Waals surface area contributed by atoms with Gasteiger partial charge in [-0.3, -0.25) is 9.48 Å². The third kappa shape index (κ3) is 2.07. The largest absolute Gasteiger partial charge is 0.481 e. The highest BCUT2D eigenvalue weighted by Gasteiger charge is 2.27. The number of hydrogen-bond acceptors (Lipinski definition) is 3. The second kappa shape index (κ2) is 4.49. The molecule has 2 heterocycles. The number of aliphatic carboxylic acids is 1. The standard InChI is InChI=1S/C12H18N2O3/c1-7(12(15)16)11-8(2)13-14(9(11)3)10-4-5-17-6-10/h7,10H,4-6H2,1-3H3,(H,15,16). The van der Waals surface area contributed by atoms with Gasteiger partial charge in [-0.1, -0.05) is 0 Å². The van der Waals surface area contributed by atoms with E-state index >= 15 is 0 Å². The van der Waals surface area contributed by atoms with E-state index in [0.717, 1.165) is 30.0 Å². The smallest absolute Gasteiger partial charge is 0.310 e. The van der Waals surface area contributed by atoms with Crippen LogP contribution in [-0.2, 0) is 9.53 Å². The van der Waals surface area contributed by atoms with Crippen molar-refractivity contribution < 1.29 is 14.6 Å². The molecule has 5 heteroatoms. The summed E-state index contributed by atoms with van der Waals surface area (Å²) in [6, 6.07) is 0.253. The van der Waals surface area contributed by atoms with Gasteiger partial charge in [-0.05, 0) is 27.2 Å². The molecule has 2 unspecified atom stereocenters. The van der Waals surface area contributed by atoms with E-state index in [1.807, 2.05) is 18.5 Å². The highest BCUT2D eigenvalue weighted by atomic mass is 16.5. The summed E-state index contributed by atoms with van der Waals surface area (Å²) in [5, 5.41) is 13.6. The Morgan fingerprint density at radius 2 is 2.29 bits per heavy atom. The number of carboxylic acid groups (broad SMARTS) is 1. The lowest BCUT2D eigenvalue weighted by Crippen LogP contribution is -2.13. The molecule has 1 N–H and O–H groups in total. The van der Waals surface area contributed by atoms with Crippen molar-refractivity contribution >= 4 is 5.97 Å². The Morgan fingerprint density at radius 1 is 1.59 bits per heavy atom. The van der Waals surface area contributed by atoms with Crippen LogP contribution in [0.1, 0.15) is 42.3 Å². The highest BCUT2D eigenvalue weighted by Crippen LogP contribution is 2.28. The summed E-state index contributed by atoms with van der Waals surface area (Å²) < 4.78 is 7.27. The molecule has 94 valence electrons. The number of carboxylic acids is 1. The van der Waals surface area contributed by atoms with Crippen molar-refractivity contribution in [2.75, 3.05) is 13.2 Å². The fraction of sp³-hybridized carbons (Fsp3) is 0.667. The summed E-state index contributed by atoms with van der Waals surface area (Å²) >= 11 is 0. The summed E-state index contributed by atoms with van der Waals surface area (Å²) in [5.74, 6) is -1.32. The first kappa shape index (κ1) is 12.1. The lowest BCUT2D eigenvalue weighted by atomic mass is 9.99. The van der Waals surface area contributed by atoms with E-state index in [0.29, 0.717) is 6.61 Å². The zero-order chi connectivity index (χ0) is 12.6.